The molecule has 1 aromatic carbocycles. The first-order valence-electron chi connectivity index (χ1n) is 10.8. The number of alkyl halides is 3. The monoisotopic (exact) mass is 517 g/mol. The summed E-state index contributed by atoms with van der Waals surface area (Å²) in [7, 11) is -1.10. The van der Waals surface area contributed by atoms with Crippen LogP contribution in [0.4, 0.5) is 29.2 Å². The molecule has 0 unspecified atom stereocenters. The van der Waals surface area contributed by atoms with E-state index in [1.807, 2.05) is 18.7 Å². The zero-order valence-electron chi connectivity index (χ0n) is 20.0. The summed E-state index contributed by atoms with van der Waals surface area (Å²) in [5.74, 6) is -1.90. The van der Waals surface area contributed by atoms with E-state index in [2.05, 4.69) is 9.97 Å². The van der Waals surface area contributed by atoms with Gasteiger partial charge >= 0.3 is 6.18 Å². The van der Waals surface area contributed by atoms with Crippen LogP contribution < -0.4 is 9.80 Å². The van der Waals surface area contributed by atoms with Crippen LogP contribution in [0.5, 0.6) is 0 Å². The molecule has 1 aliphatic rings. The number of hydrogen-bond donors (Lipinski definition) is 0. The molecule has 192 valence electrons. The molecule has 1 amide bonds. The highest BCUT2D eigenvalue weighted by atomic mass is 32.2. The van der Waals surface area contributed by atoms with Crippen molar-refractivity contribution >= 4 is 27.4 Å². The Morgan fingerprint density at radius 2 is 1.86 bits per heavy atom. The van der Waals surface area contributed by atoms with Crippen LogP contribution in [-0.4, -0.2) is 75.2 Å². The van der Waals surface area contributed by atoms with Gasteiger partial charge in [0.15, 0.2) is 15.5 Å². The van der Waals surface area contributed by atoms with Gasteiger partial charge in [-0.3, -0.25) is 4.79 Å². The van der Waals surface area contributed by atoms with Crippen molar-refractivity contribution < 1.29 is 30.8 Å². The van der Waals surface area contributed by atoms with Crippen LogP contribution in [0.3, 0.4) is 0 Å². The standard InChI is InChI=1S/C22H27F4N5O3S/c1-13(2)17-12-30(14-6-7-16(23)18(10-14)35(5,33)34)8-9-31(17)21-27-11-15(20(32)29(3)4)19(28-21)22(24,25)26/h6-7,10-11,13,17H,8-9,12H2,1-5H3/t17-/m0/s1. The Balaban J connectivity index is 1.97. The molecular formula is C22H27F4N5O3S. The molecule has 2 heterocycles. The maximum atomic E-state index is 14.1. The fourth-order valence-electron chi connectivity index (χ4n) is 3.96. The fraction of sp³-hybridized carbons (Fsp3) is 0.500. The predicted molar refractivity (Wildman–Crippen MR) is 123 cm³/mol. The van der Waals surface area contributed by atoms with Gasteiger partial charge in [0, 0.05) is 51.9 Å². The van der Waals surface area contributed by atoms with E-state index in [0.29, 0.717) is 18.8 Å². The average Bonchev–Trinajstić information content (AvgIpc) is 2.76. The highest BCUT2D eigenvalue weighted by Crippen LogP contribution is 2.33. The SMILES string of the molecule is CC(C)[C@@H]1CN(c2ccc(F)c(S(C)(=O)=O)c2)CCN1c1ncc(C(=O)N(C)C)c(C(F)(F)F)n1. The van der Waals surface area contributed by atoms with Gasteiger partial charge in [0.25, 0.3) is 5.91 Å². The van der Waals surface area contributed by atoms with Gasteiger partial charge in [-0.25, -0.2) is 22.8 Å². The largest absolute Gasteiger partial charge is 0.434 e. The number of sulfone groups is 1. The summed E-state index contributed by atoms with van der Waals surface area (Å²) < 4.78 is 79.2. The third-order valence-electron chi connectivity index (χ3n) is 5.81. The van der Waals surface area contributed by atoms with Crippen LogP contribution in [0.2, 0.25) is 0 Å². The smallest absolute Gasteiger partial charge is 0.368 e. The number of hydrogen-bond acceptors (Lipinski definition) is 7. The van der Waals surface area contributed by atoms with Crippen molar-refractivity contribution in [1.82, 2.24) is 14.9 Å². The molecule has 0 N–H and O–H groups in total. The van der Waals surface area contributed by atoms with Crippen molar-refractivity contribution in [2.75, 3.05) is 49.8 Å². The minimum Gasteiger partial charge on any atom is -0.368 e. The molecule has 2 aromatic rings. The Labute approximate surface area is 201 Å². The van der Waals surface area contributed by atoms with E-state index < -0.39 is 43.9 Å². The summed E-state index contributed by atoms with van der Waals surface area (Å²) in [4.78, 5) is 24.2. The van der Waals surface area contributed by atoms with Crippen LogP contribution in [0, 0.1) is 11.7 Å². The number of halogens is 4. The quantitative estimate of drug-likeness (QED) is 0.564. The Kier molecular flexibility index (Phi) is 7.30. The van der Waals surface area contributed by atoms with Gasteiger partial charge in [-0.05, 0) is 24.1 Å². The average molecular weight is 518 g/mol. The summed E-state index contributed by atoms with van der Waals surface area (Å²) in [6.45, 7) is 4.63. The van der Waals surface area contributed by atoms with Crippen molar-refractivity contribution in [3.8, 4) is 0 Å². The number of rotatable bonds is 5. The number of amides is 1. The Morgan fingerprint density at radius 3 is 2.40 bits per heavy atom. The van der Waals surface area contributed by atoms with E-state index in [9.17, 15) is 30.8 Å². The molecule has 0 saturated carbocycles. The number of carbonyl (C=O) groups excluding carboxylic acids is 1. The first-order chi connectivity index (χ1) is 16.1. The number of piperazine rings is 1. The lowest BCUT2D eigenvalue weighted by Gasteiger charge is -2.44. The van der Waals surface area contributed by atoms with Gasteiger partial charge in [0.1, 0.15) is 10.7 Å². The lowest BCUT2D eigenvalue weighted by molar-refractivity contribution is -0.141. The van der Waals surface area contributed by atoms with Gasteiger partial charge in [0.05, 0.1) is 11.6 Å². The predicted octanol–water partition coefficient (Wildman–Crippen LogP) is 3.09. The molecule has 13 heteroatoms. The van der Waals surface area contributed by atoms with E-state index in [-0.39, 0.29) is 24.5 Å². The van der Waals surface area contributed by atoms with E-state index in [1.54, 1.807) is 4.90 Å². The lowest BCUT2D eigenvalue weighted by Crippen LogP contribution is -2.56. The number of anilines is 2. The minimum absolute atomic E-state index is 0.0475. The Bertz CT molecular complexity index is 1220. The van der Waals surface area contributed by atoms with Crippen molar-refractivity contribution in [3.05, 3.63) is 41.5 Å². The highest BCUT2D eigenvalue weighted by Gasteiger charge is 2.40. The Morgan fingerprint density at radius 1 is 1.20 bits per heavy atom. The molecule has 0 bridgehead atoms. The van der Waals surface area contributed by atoms with Crippen LogP contribution in [0.1, 0.15) is 29.9 Å². The molecule has 35 heavy (non-hydrogen) atoms. The van der Waals surface area contributed by atoms with E-state index in [0.717, 1.165) is 23.4 Å². The molecule has 1 aromatic heterocycles. The third-order valence-corrected chi connectivity index (χ3v) is 6.92. The zero-order chi connectivity index (χ0) is 26.3. The second kappa shape index (κ2) is 9.59. The van der Waals surface area contributed by atoms with Crippen molar-refractivity contribution in [2.24, 2.45) is 5.92 Å². The second-order valence-corrected chi connectivity index (χ2v) is 11.0. The maximum Gasteiger partial charge on any atom is 0.434 e. The lowest BCUT2D eigenvalue weighted by atomic mass is 9.99. The molecular weight excluding hydrogens is 490 g/mol. The van der Waals surface area contributed by atoms with Crippen LogP contribution in [0.25, 0.3) is 0 Å². The van der Waals surface area contributed by atoms with Gasteiger partial charge in [-0.1, -0.05) is 13.8 Å². The Hall–Kier alpha value is -2.96. The summed E-state index contributed by atoms with van der Waals surface area (Å²) in [6.07, 6.45) is -3.04. The molecule has 1 atom stereocenters. The number of benzene rings is 1. The number of nitrogens with zero attached hydrogens (tertiary/aromatic N) is 5. The molecule has 3 rings (SSSR count). The molecule has 0 radical (unpaired) electrons. The third kappa shape index (κ3) is 5.65. The van der Waals surface area contributed by atoms with Crippen LogP contribution >= 0.6 is 0 Å². The number of aromatic nitrogens is 2. The molecule has 1 fully saturated rings. The van der Waals surface area contributed by atoms with E-state index in [1.165, 1.54) is 26.2 Å². The summed E-state index contributed by atoms with van der Waals surface area (Å²) >= 11 is 0. The van der Waals surface area contributed by atoms with Gasteiger partial charge in [-0.15, -0.1) is 0 Å². The summed E-state index contributed by atoms with van der Waals surface area (Å²) in [6, 6.07) is 3.47. The second-order valence-electron chi connectivity index (χ2n) is 8.97. The molecule has 8 nitrogen and oxygen atoms in total. The normalized spacial score (nSPS) is 17.1. The van der Waals surface area contributed by atoms with Gasteiger partial charge in [0.2, 0.25) is 5.95 Å². The van der Waals surface area contributed by atoms with Crippen molar-refractivity contribution in [3.63, 3.8) is 0 Å². The topological polar surface area (TPSA) is 86.7 Å². The fourth-order valence-corrected chi connectivity index (χ4v) is 4.72. The molecule has 0 spiro atoms. The zero-order valence-corrected chi connectivity index (χ0v) is 20.8. The van der Waals surface area contributed by atoms with E-state index in [4.69, 9.17) is 0 Å². The van der Waals surface area contributed by atoms with Gasteiger partial charge in [-0.2, -0.15) is 13.2 Å². The molecule has 1 saturated heterocycles. The summed E-state index contributed by atoms with van der Waals surface area (Å²) in [5, 5.41) is 0. The van der Waals surface area contributed by atoms with Crippen molar-refractivity contribution in [1.29, 1.82) is 0 Å². The van der Waals surface area contributed by atoms with Crippen molar-refractivity contribution in [2.45, 2.75) is 31.0 Å². The van der Waals surface area contributed by atoms with Crippen LogP contribution in [-0.2, 0) is 16.0 Å². The van der Waals surface area contributed by atoms with E-state index >= 15 is 0 Å². The van der Waals surface area contributed by atoms with Crippen LogP contribution in [0.15, 0.2) is 29.3 Å². The minimum atomic E-state index is -4.86. The first-order valence-corrected chi connectivity index (χ1v) is 12.7. The molecule has 1 aliphatic heterocycles. The highest BCUT2D eigenvalue weighted by molar-refractivity contribution is 7.90. The first kappa shape index (κ1) is 26.6. The van der Waals surface area contributed by atoms with Gasteiger partial charge < -0.3 is 14.7 Å². The summed E-state index contributed by atoms with van der Waals surface area (Å²) in [5.41, 5.74) is -1.45. The molecule has 0 aliphatic carbocycles. The maximum absolute atomic E-state index is 14.1. The number of carbonyl (C=O) groups is 1.